The van der Waals surface area contributed by atoms with Gasteiger partial charge in [-0.25, -0.2) is 9.66 Å². The number of aryl methyl sites for hydroxylation is 1. The normalized spacial score (nSPS) is 16.9. The molecule has 0 unspecified atom stereocenters. The Morgan fingerprint density at radius 3 is 2.94 bits per heavy atom. The van der Waals surface area contributed by atoms with E-state index in [2.05, 4.69) is 41.2 Å². The van der Waals surface area contributed by atoms with E-state index in [1.54, 1.807) is 16.0 Å². The van der Waals surface area contributed by atoms with E-state index in [0.717, 1.165) is 35.3 Å². The van der Waals surface area contributed by atoms with Crippen LogP contribution in [0.15, 0.2) is 40.3 Å². The molecule has 5 rings (SSSR count). The maximum atomic E-state index is 12.8. The summed E-state index contributed by atoms with van der Waals surface area (Å²) in [6.45, 7) is 4.42. The van der Waals surface area contributed by atoms with Crippen molar-refractivity contribution in [3.05, 3.63) is 68.3 Å². The first kappa shape index (κ1) is 21.2. The maximum Gasteiger partial charge on any atom is 0.259 e. The molecule has 7 nitrogen and oxygen atoms in total. The van der Waals surface area contributed by atoms with Gasteiger partial charge in [-0.15, -0.1) is 21.5 Å². The minimum Gasteiger partial charge on any atom is -0.336 e. The number of fused-ring (bicyclic) bond motifs is 3. The van der Waals surface area contributed by atoms with Crippen LogP contribution in [0.2, 0.25) is 0 Å². The Morgan fingerprint density at radius 2 is 2.12 bits per heavy atom. The zero-order valence-electron chi connectivity index (χ0n) is 18.2. The molecule has 3 aromatic heterocycles. The van der Waals surface area contributed by atoms with Crippen LogP contribution in [0.1, 0.15) is 53.8 Å². The van der Waals surface area contributed by atoms with Gasteiger partial charge in [-0.3, -0.25) is 4.79 Å². The lowest BCUT2D eigenvalue weighted by Gasteiger charge is -2.17. The molecule has 0 radical (unpaired) electrons. The van der Waals surface area contributed by atoms with Gasteiger partial charge in [0, 0.05) is 11.3 Å². The highest BCUT2D eigenvalue weighted by Crippen LogP contribution is 2.35. The Hall–Kier alpha value is -2.65. The van der Waals surface area contributed by atoms with E-state index in [4.69, 9.17) is 10.8 Å². The SMILES string of the molecule is C[C@@H]1CCc2c(sc3nc(CSc4nnc(C[C@H](C)c5ccccc5)n4N)[nH]c(=O)c23)C1. The van der Waals surface area contributed by atoms with E-state index < -0.39 is 0 Å². The minimum absolute atomic E-state index is 0.0377. The monoisotopic (exact) mass is 466 g/mol. The number of hydrogen-bond donors (Lipinski definition) is 2. The van der Waals surface area contributed by atoms with E-state index >= 15 is 0 Å². The molecule has 32 heavy (non-hydrogen) atoms. The Kier molecular flexibility index (Phi) is 5.77. The summed E-state index contributed by atoms with van der Waals surface area (Å²) in [7, 11) is 0. The van der Waals surface area contributed by atoms with Crippen molar-refractivity contribution in [1.29, 1.82) is 0 Å². The van der Waals surface area contributed by atoms with Crippen molar-refractivity contribution in [3.8, 4) is 0 Å². The average molecular weight is 467 g/mol. The van der Waals surface area contributed by atoms with Crippen LogP contribution in [0, 0.1) is 5.92 Å². The van der Waals surface area contributed by atoms with Crippen molar-refractivity contribution >= 4 is 33.3 Å². The summed E-state index contributed by atoms with van der Waals surface area (Å²) < 4.78 is 1.55. The average Bonchev–Trinajstić information content (AvgIpc) is 3.32. The van der Waals surface area contributed by atoms with Gasteiger partial charge in [0.1, 0.15) is 10.7 Å². The van der Waals surface area contributed by atoms with Gasteiger partial charge >= 0.3 is 0 Å². The quantitative estimate of drug-likeness (QED) is 0.328. The molecule has 2 atom stereocenters. The summed E-state index contributed by atoms with van der Waals surface area (Å²) in [6, 6.07) is 10.3. The number of nitrogen functional groups attached to an aromatic ring is 1. The number of thiophene rings is 1. The molecule has 3 heterocycles. The molecule has 4 aromatic rings. The van der Waals surface area contributed by atoms with Crippen molar-refractivity contribution in [2.45, 2.75) is 56.4 Å². The van der Waals surface area contributed by atoms with E-state index in [-0.39, 0.29) is 11.5 Å². The molecular weight excluding hydrogens is 440 g/mol. The molecule has 166 valence electrons. The lowest BCUT2D eigenvalue weighted by Crippen LogP contribution is -2.16. The zero-order valence-corrected chi connectivity index (χ0v) is 19.8. The Bertz CT molecular complexity index is 1310. The molecular formula is C23H26N6OS2. The van der Waals surface area contributed by atoms with Crippen LogP contribution < -0.4 is 11.4 Å². The van der Waals surface area contributed by atoms with E-state index in [1.807, 2.05) is 18.2 Å². The number of hydrogen-bond acceptors (Lipinski definition) is 7. The van der Waals surface area contributed by atoms with Gasteiger partial charge in [0.05, 0.1) is 11.1 Å². The van der Waals surface area contributed by atoms with Crippen LogP contribution in [-0.2, 0) is 25.0 Å². The highest BCUT2D eigenvalue weighted by atomic mass is 32.2. The number of thioether (sulfide) groups is 1. The van der Waals surface area contributed by atoms with Gasteiger partial charge in [0.15, 0.2) is 5.82 Å². The molecule has 1 aliphatic rings. The van der Waals surface area contributed by atoms with Crippen molar-refractivity contribution in [1.82, 2.24) is 24.8 Å². The zero-order chi connectivity index (χ0) is 22.2. The molecule has 9 heteroatoms. The number of nitrogens with zero attached hydrogens (tertiary/aromatic N) is 4. The Balaban J connectivity index is 1.31. The molecule has 1 aromatic carbocycles. The molecule has 0 spiro atoms. The highest BCUT2D eigenvalue weighted by Gasteiger charge is 2.23. The minimum atomic E-state index is -0.0377. The van der Waals surface area contributed by atoms with Gasteiger partial charge in [-0.05, 0) is 42.2 Å². The second-order valence-corrected chi connectivity index (χ2v) is 10.6. The van der Waals surface area contributed by atoms with Crippen molar-refractivity contribution in [2.24, 2.45) is 5.92 Å². The van der Waals surface area contributed by atoms with Crippen molar-refractivity contribution < 1.29 is 0 Å². The fraction of sp³-hybridized carbons (Fsp3) is 0.391. The van der Waals surface area contributed by atoms with Crippen molar-refractivity contribution in [2.75, 3.05) is 5.84 Å². The fourth-order valence-corrected chi connectivity index (χ4v) is 6.46. The fourth-order valence-electron chi connectivity index (χ4n) is 4.31. The number of nitrogens with one attached hydrogen (secondary N) is 1. The molecule has 0 amide bonds. The Labute approximate surface area is 194 Å². The van der Waals surface area contributed by atoms with E-state index in [1.165, 1.54) is 27.8 Å². The first-order chi connectivity index (χ1) is 15.5. The van der Waals surface area contributed by atoms with Crippen LogP contribution in [0.5, 0.6) is 0 Å². The third-order valence-corrected chi connectivity index (χ3v) is 8.25. The summed E-state index contributed by atoms with van der Waals surface area (Å²) in [5.41, 5.74) is 2.41. The molecule has 0 saturated heterocycles. The molecule has 1 aliphatic carbocycles. The van der Waals surface area contributed by atoms with Crippen LogP contribution in [-0.4, -0.2) is 24.8 Å². The second-order valence-electron chi connectivity index (χ2n) is 8.62. The number of aromatic nitrogens is 5. The standard InChI is InChI=1S/C23H26N6OS2/c1-13-8-9-16-17(10-13)32-22-20(16)21(30)25-18(26-22)12-31-23-28-27-19(29(23)24)11-14(2)15-6-4-3-5-7-15/h3-7,13-14H,8-12,24H2,1-2H3,(H,25,26,30)/t13-,14+/m1/s1. The van der Waals surface area contributed by atoms with Crippen molar-refractivity contribution in [3.63, 3.8) is 0 Å². The number of nitrogens with two attached hydrogens (primary N) is 1. The van der Waals surface area contributed by atoms with E-state index in [0.29, 0.717) is 29.1 Å². The first-order valence-corrected chi connectivity index (χ1v) is 12.7. The third-order valence-electron chi connectivity index (χ3n) is 6.14. The predicted molar refractivity (Wildman–Crippen MR) is 130 cm³/mol. The molecule has 0 bridgehead atoms. The Morgan fingerprint density at radius 1 is 1.31 bits per heavy atom. The summed E-state index contributed by atoms with van der Waals surface area (Å²) in [5, 5.41) is 9.94. The van der Waals surface area contributed by atoms with Gasteiger partial charge in [-0.2, -0.15) is 0 Å². The smallest absolute Gasteiger partial charge is 0.259 e. The molecule has 0 aliphatic heterocycles. The number of benzene rings is 1. The summed E-state index contributed by atoms with van der Waals surface area (Å²) in [6.07, 6.45) is 3.84. The third kappa shape index (κ3) is 4.06. The number of H-pyrrole nitrogens is 1. The lowest BCUT2D eigenvalue weighted by atomic mass is 9.89. The van der Waals surface area contributed by atoms with Gasteiger partial charge in [0.25, 0.3) is 5.56 Å². The number of rotatable bonds is 6. The van der Waals surface area contributed by atoms with E-state index in [9.17, 15) is 4.79 Å². The molecule has 0 fully saturated rings. The highest BCUT2D eigenvalue weighted by molar-refractivity contribution is 7.98. The van der Waals surface area contributed by atoms with Gasteiger partial charge in [0.2, 0.25) is 5.16 Å². The summed E-state index contributed by atoms with van der Waals surface area (Å²) in [5.74, 6) is 9.08. The van der Waals surface area contributed by atoms with Crippen LogP contribution in [0.3, 0.4) is 0 Å². The summed E-state index contributed by atoms with van der Waals surface area (Å²) in [4.78, 5) is 22.7. The lowest BCUT2D eigenvalue weighted by molar-refractivity contribution is 0.509. The van der Waals surface area contributed by atoms with Gasteiger partial charge in [-0.1, -0.05) is 55.9 Å². The van der Waals surface area contributed by atoms with Crippen LogP contribution >= 0.6 is 23.1 Å². The topological polar surface area (TPSA) is 102 Å². The van der Waals surface area contributed by atoms with Crippen LogP contribution in [0.4, 0.5) is 0 Å². The first-order valence-electron chi connectivity index (χ1n) is 10.9. The number of aromatic amines is 1. The van der Waals surface area contributed by atoms with Crippen LogP contribution in [0.25, 0.3) is 10.2 Å². The largest absolute Gasteiger partial charge is 0.336 e. The molecule has 3 N–H and O–H groups in total. The second kappa shape index (κ2) is 8.71. The predicted octanol–water partition coefficient (Wildman–Crippen LogP) is 4.05. The summed E-state index contributed by atoms with van der Waals surface area (Å²) >= 11 is 3.10. The van der Waals surface area contributed by atoms with Gasteiger partial charge < -0.3 is 10.8 Å². The maximum absolute atomic E-state index is 12.8. The molecule has 0 saturated carbocycles.